The highest BCUT2D eigenvalue weighted by molar-refractivity contribution is 7.15. The van der Waals surface area contributed by atoms with Gasteiger partial charge in [0.2, 0.25) is 0 Å². The van der Waals surface area contributed by atoms with E-state index in [1.807, 2.05) is 6.07 Å². The number of nitriles is 1. The van der Waals surface area contributed by atoms with Crippen LogP contribution in [0.25, 0.3) is 10.7 Å². The van der Waals surface area contributed by atoms with Crippen LogP contribution in [0.4, 0.5) is 5.82 Å². The first-order valence-electron chi connectivity index (χ1n) is 8.36. The van der Waals surface area contributed by atoms with Crippen LogP contribution >= 0.6 is 11.3 Å². The van der Waals surface area contributed by atoms with E-state index >= 15 is 0 Å². The molecule has 0 unspecified atom stereocenters. The minimum atomic E-state index is 0.569. The second kappa shape index (κ2) is 7.95. The molecule has 0 bridgehead atoms. The molecule has 1 aliphatic carbocycles. The summed E-state index contributed by atoms with van der Waals surface area (Å²) in [7, 11) is 1.75. The molecule has 2 heterocycles. The first-order valence-corrected chi connectivity index (χ1v) is 9.18. The third kappa shape index (κ3) is 4.17. The van der Waals surface area contributed by atoms with Gasteiger partial charge in [-0.15, -0.1) is 17.3 Å². The van der Waals surface area contributed by atoms with Crippen molar-refractivity contribution in [3.8, 4) is 28.6 Å². The van der Waals surface area contributed by atoms with E-state index < -0.39 is 0 Å². The largest absolute Gasteiger partial charge is 0.324 e. The number of thiophene rings is 1. The average molecular weight is 361 g/mol. The summed E-state index contributed by atoms with van der Waals surface area (Å²) in [5, 5.41) is 12.3. The Labute approximate surface area is 157 Å². The molecular weight excluding hydrogens is 342 g/mol. The fraction of sp³-hybridized carbons (Fsp3) is 0.300. The van der Waals surface area contributed by atoms with Gasteiger partial charge in [0.15, 0.2) is 11.6 Å². The quantitative estimate of drug-likeness (QED) is 0.502. The van der Waals surface area contributed by atoms with Crippen molar-refractivity contribution in [2.45, 2.75) is 26.7 Å². The van der Waals surface area contributed by atoms with Crippen molar-refractivity contribution in [1.82, 2.24) is 9.97 Å². The monoisotopic (exact) mass is 361 g/mol. The Bertz CT molecular complexity index is 978. The van der Waals surface area contributed by atoms with Gasteiger partial charge in [0, 0.05) is 13.2 Å². The van der Waals surface area contributed by atoms with E-state index in [9.17, 15) is 0 Å². The summed E-state index contributed by atoms with van der Waals surface area (Å²) in [4.78, 5) is 14.8. The highest BCUT2D eigenvalue weighted by Gasteiger charge is 2.23. The lowest BCUT2D eigenvalue weighted by molar-refractivity contribution is 1.01. The topological polar surface area (TPSA) is 74.0 Å². The summed E-state index contributed by atoms with van der Waals surface area (Å²) < 4.78 is 0. The molecule has 0 amide bonds. The van der Waals surface area contributed by atoms with Crippen LogP contribution in [0, 0.1) is 29.1 Å². The van der Waals surface area contributed by atoms with Crippen LogP contribution in [0.1, 0.15) is 37.1 Å². The van der Waals surface area contributed by atoms with E-state index in [2.05, 4.69) is 51.2 Å². The van der Waals surface area contributed by atoms with Crippen LogP contribution in [0.15, 0.2) is 35.0 Å². The number of hydrogen-bond acceptors (Lipinski definition) is 5. The SMILES string of the molecule is CC#Cc1cnc(-c2ccc(C#N)s2)nc1NC(/C=C(\C)C1CC1)=NC. The normalized spacial score (nSPS) is 14.4. The molecule has 26 heavy (non-hydrogen) atoms. The molecule has 1 fully saturated rings. The number of anilines is 1. The van der Waals surface area contributed by atoms with Crippen molar-refractivity contribution in [3.05, 3.63) is 40.4 Å². The Hall–Kier alpha value is -2.96. The van der Waals surface area contributed by atoms with Crippen LogP contribution in [-0.4, -0.2) is 22.9 Å². The summed E-state index contributed by atoms with van der Waals surface area (Å²) in [6, 6.07) is 5.78. The number of nitrogens with zero attached hydrogens (tertiary/aromatic N) is 4. The van der Waals surface area contributed by atoms with Gasteiger partial charge in [-0.05, 0) is 50.8 Å². The van der Waals surface area contributed by atoms with Gasteiger partial charge in [0.1, 0.15) is 16.8 Å². The molecule has 0 aliphatic heterocycles. The zero-order valence-electron chi connectivity index (χ0n) is 15.0. The molecule has 5 nitrogen and oxygen atoms in total. The second-order valence-corrected chi connectivity index (χ2v) is 7.09. The predicted octanol–water partition coefficient (Wildman–Crippen LogP) is 4.24. The van der Waals surface area contributed by atoms with Gasteiger partial charge in [0.05, 0.1) is 10.4 Å². The summed E-state index contributed by atoms with van der Waals surface area (Å²) in [5.74, 6) is 8.54. The lowest BCUT2D eigenvalue weighted by Gasteiger charge is -2.09. The van der Waals surface area contributed by atoms with Crippen molar-refractivity contribution < 1.29 is 0 Å². The molecule has 3 rings (SSSR count). The van der Waals surface area contributed by atoms with Gasteiger partial charge >= 0.3 is 0 Å². The number of aliphatic imine (C=N–C) groups is 1. The zero-order valence-corrected chi connectivity index (χ0v) is 15.8. The molecule has 0 saturated heterocycles. The van der Waals surface area contributed by atoms with E-state index in [1.165, 1.54) is 29.8 Å². The molecule has 2 aromatic rings. The molecule has 130 valence electrons. The first-order chi connectivity index (χ1) is 12.6. The van der Waals surface area contributed by atoms with Crippen LogP contribution in [-0.2, 0) is 0 Å². The number of amidine groups is 1. The van der Waals surface area contributed by atoms with Gasteiger partial charge in [0.25, 0.3) is 0 Å². The van der Waals surface area contributed by atoms with Gasteiger partial charge in [-0.25, -0.2) is 9.97 Å². The Balaban J connectivity index is 1.94. The number of nitrogens with one attached hydrogen (secondary N) is 1. The Morgan fingerprint density at radius 3 is 2.85 bits per heavy atom. The second-order valence-electron chi connectivity index (χ2n) is 6.00. The third-order valence-electron chi connectivity index (χ3n) is 4.06. The van der Waals surface area contributed by atoms with Crippen LogP contribution in [0.5, 0.6) is 0 Å². The lowest BCUT2D eigenvalue weighted by Crippen LogP contribution is -2.13. The molecule has 1 aliphatic rings. The summed E-state index contributed by atoms with van der Waals surface area (Å²) in [6.07, 6.45) is 6.28. The van der Waals surface area contributed by atoms with Crippen molar-refractivity contribution in [1.29, 1.82) is 5.26 Å². The predicted molar refractivity (Wildman–Crippen MR) is 106 cm³/mol. The van der Waals surface area contributed by atoms with Crippen LogP contribution in [0.2, 0.25) is 0 Å². The maximum Gasteiger partial charge on any atom is 0.171 e. The Kier molecular flexibility index (Phi) is 5.46. The summed E-state index contributed by atoms with van der Waals surface area (Å²) in [5.41, 5.74) is 2.04. The lowest BCUT2D eigenvalue weighted by atomic mass is 10.2. The molecule has 0 atom stereocenters. The van der Waals surface area contributed by atoms with Crippen LogP contribution < -0.4 is 5.32 Å². The van der Waals surface area contributed by atoms with Gasteiger partial charge in [-0.1, -0.05) is 11.5 Å². The highest BCUT2D eigenvalue weighted by Crippen LogP contribution is 2.36. The minimum absolute atomic E-state index is 0.569. The molecule has 1 saturated carbocycles. The molecule has 2 aromatic heterocycles. The zero-order chi connectivity index (χ0) is 18.5. The standard InChI is InChI=1S/C20H19N5S/c1-4-5-15-12-23-20(17-9-8-16(11-21)26-17)25-19(15)24-18(22-3)10-13(2)14-6-7-14/h8-10,12,14H,6-7H2,1-3H3,(H,22,23,24,25)/b13-10+. The first kappa shape index (κ1) is 17.8. The number of allylic oxidation sites excluding steroid dienone is 1. The van der Waals surface area contributed by atoms with Crippen molar-refractivity contribution in [2.24, 2.45) is 10.9 Å². The average Bonchev–Trinajstić information content (AvgIpc) is 3.40. The van der Waals surface area contributed by atoms with E-state index in [0.717, 1.165) is 10.7 Å². The van der Waals surface area contributed by atoms with Crippen molar-refractivity contribution >= 4 is 23.0 Å². The summed E-state index contributed by atoms with van der Waals surface area (Å²) in [6.45, 7) is 3.92. The summed E-state index contributed by atoms with van der Waals surface area (Å²) >= 11 is 1.37. The van der Waals surface area contributed by atoms with E-state index in [1.54, 1.807) is 26.2 Å². The number of rotatable bonds is 4. The fourth-order valence-corrected chi connectivity index (χ4v) is 3.23. The number of hydrogen-bond donors (Lipinski definition) is 1. The van der Waals surface area contributed by atoms with Gasteiger partial charge < -0.3 is 5.32 Å². The van der Waals surface area contributed by atoms with Crippen molar-refractivity contribution in [3.63, 3.8) is 0 Å². The third-order valence-corrected chi connectivity index (χ3v) is 5.04. The fourth-order valence-electron chi connectivity index (χ4n) is 2.49. The maximum absolute atomic E-state index is 9.02. The van der Waals surface area contributed by atoms with E-state index in [0.29, 0.717) is 28.0 Å². The Morgan fingerprint density at radius 2 is 2.23 bits per heavy atom. The maximum atomic E-state index is 9.02. The molecule has 0 radical (unpaired) electrons. The van der Waals surface area contributed by atoms with Crippen LogP contribution in [0.3, 0.4) is 0 Å². The van der Waals surface area contributed by atoms with Gasteiger partial charge in [-0.3, -0.25) is 4.99 Å². The molecule has 1 N–H and O–H groups in total. The van der Waals surface area contributed by atoms with E-state index in [4.69, 9.17) is 5.26 Å². The molecule has 6 heteroatoms. The highest BCUT2D eigenvalue weighted by atomic mass is 32.1. The van der Waals surface area contributed by atoms with Gasteiger partial charge in [-0.2, -0.15) is 5.26 Å². The van der Waals surface area contributed by atoms with E-state index in [-0.39, 0.29) is 0 Å². The molecule has 0 aromatic carbocycles. The molecule has 0 spiro atoms. The minimum Gasteiger partial charge on any atom is -0.324 e. The Morgan fingerprint density at radius 1 is 1.42 bits per heavy atom. The number of aromatic nitrogens is 2. The smallest absolute Gasteiger partial charge is 0.171 e. The molecular formula is C20H19N5S. The van der Waals surface area contributed by atoms with Crippen molar-refractivity contribution in [2.75, 3.05) is 12.4 Å².